The summed E-state index contributed by atoms with van der Waals surface area (Å²) in [7, 11) is 0. The highest BCUT2D eigenvalue weighted by Crippen LogP contribution is 2.14. The van der Waals surface area contributed by atoms with E-state index in [1.807, 2.05) is 6.07 Å². The van der Waals surface area contributed by atoms with E-state index in [2.05, 4.69) is 4.74 Å². The van der Waals surface area contributed by atoms with Crippen molar-refractivity contribution < 1.29 is 27.1 Å². The molecule has 1 heterocycles. The second-order valence-electron chi connectivity index (χ2n) is 4.00. The molecule has 0 aromatic carbocycles. The summed E-state index contributed by atoms with van der Waals surface area (Å²) in [5.41, 5.74) is 1.11. The standard InChI is InChI=1S/C13H15F3O3/c14-13(15,16)10-19-12(17)6-4-2-1-3-5-11-7-8-18-9-11/h4,6-9H,1-3,5,10H2/b6-4-. The summed E-state index contributed by atoms with van der Waals surface area (Å²) in [6.07, 6.45) is 4.61. The number of unbranched alkanes of at least 4 members (excludes halogenated alkanes) is 2. The molecule has 0 N–H and O–H groups in total. The number of rotatable bonds is 7. The summed E-state index contributed by atoms with van der Waals surface area (Å²) in [4.78, 5) is 10.9. The van der Waals surface area contributed by atoms with Crippen molar-refractivity contribution >= 4 is 5.97 Å². The Bertz CT molecular complexity index is 394. The molecule has 0 aliphatic heterocycles. The maximum absolute atomic E-state index is 11.7. The average molecular weight is 276 g/mol. The van der Waals surface area contributed by atoms with E-state index in [1.54, 1.807) is 12.5 Å². The molecule has 19 heavy (non-hydrogen) atoms. The molecule has 1 aromatic heterocycles. The first-order valence-corrected chi connectivity index (χ1v) is 5.88. The van der Waals surface area contributed by atoms with Gasteiger partial charge in [0.05, 0.1) is 12.5 Å². The van der Waals surface area contributed by atoms with Crippen LogP contribution in [0.5, 0.6) is 0 Å². The first-order chi connectivity index (χ1) is 8.97. The predicted molar refractivity (Wildman–Crippen MR) is 62.4 cm³/mol. The topological polar surface area (TPSA) is 39.4 Å². The van der Waals surface area contributed by atoms with E-state index in [0.29, 0.717) is 6.42 Å². The lowest BCUT2D eigenvalue weighted by molar-refractivity contribution is -0.182. The number of halogens is 3. The summed E-state index contributed by atoms with van der Waals surface area (Å²) in [5, 5.41) is 0. The van der Waals surface area contributed by atoms with Crippen molar-refractivity contribution in [2.45, 2.75) is 31.9 Å². The molecule has 0 amide bonds. The van der Waals surface area contributed by atoms with Gasteiger partial charge < -0.3 is 9.15 Å². The molecule has 0 bridgehead atoms. The summed E-state index contributed by atoms with van der Waals surface area (Å²) in [5.74, 6) is -0.966. The molecule has 0 spiro atoms. The second kappa shape index (κ2) is 7.66. The van der Waals surface area contributed by atoms with Crippen molar-refractivity contribution in [3.63, 3.8) is 0 Å². The van der Waals surface area contributed by atoms with Crippen molar-refractivity contribution in [1.82, 2.24) is 0 Å². The number of carbonyl (C=O) groups is 1. The third kappa shape index (κ3) is 8.07. The summed E-state index contributed by atoms with van der Waals surface area (Å²) >= 11 is 0. The van der Waals surface area contributed by atoms with Crippen LogP contribution in [0.1, 0.15) is 24.8 Å². The zero-order valence-electron chi connectivity index (χ0n) is 10.3. The van der Waals surface area contributed by atoms with Crippen LogP contribution in [-0.2, 0) is 16.0 Å². The highest BCUT2D eigenvalue weighted by molar-refractivity contribution is 5.81. The van der Waals surface area contributed by atoms with Crippen LogP contribution in [0.3, 0.4) is 0 Å². The maximum Gasteiger partial charge on any atom is 0.422 e. The molecule has 106 valence electrons. The Balaban J connectivity index is 2.05. The molecule has 0 atom stereocenters. The monoisotopic (exact) mass is 276 g/mol. The van der Waals surface area contributed by atoms with Gasteiger partial charge in [-0.05, 0) is 37.3 Å². The fourth-order valence-electron chi connectivity index (χ4n) is 1.41. The minimum absolute atomic E-state index is 0.624. The van der Waals surface area contributed by atoms with Crippen LogP contribution in [0.2, 0.25) is 0 Å². The number of ether oxygens (including phenoxy) is 1. The fraction of sp³-hybridized carbons (Fsp3) is 0.462. The van der Waals surface area contributed by atoms with Gasteiger partial charge in [-0.2, -0.15) is 13.2 Å². The molecule has 0 radical (unpaired) electrons. The lowest BCUT2D eigenvalue weighted by Crippen LogP contribution is -2.19. The van der Waals surface area contributed by atoms with Crippen molar-refractivity contribution in [3.8, 4) is 0 Å². The number of hydrogen-bond donors (Lipinski definition) is 0. The van der Waals surface area contributed by atoms with E-state index in [4.69, 9.17) is 4.42 Å². The van der Waals surface area contributed by atoms with Crippen LogP contribution in [-0.4, -0.2) is 18.8 Å². The zero-order chi connectivity index (χ0) is 14.1. The molecular formula is C13H15F3O3. The van der Waals surface area contributed by atoms with Crippen molar-refractivity contribution in [2.24, 2.45) is 0 Å². The Kier molecular flexibility index (Phi) is 6.18. The van der Waals surface area contributed by atoms with Gasteiger partial charge in [0.25, 0.3) is 0 Å². The van der Waals surface area contributed by atoms with Crippen LogP contribution in [0.25, 0.3) is 0 Å². The smallest absolute Gasteiger partial charge is 0.422 e. The van der Waals surface area contributed by atoms with E-state index in [0.717, 1.165) is 30.9 Å². The minimum atomic E-state index is -4.48. The summed E-state index contributed by atoms with van der Waals surface area (Å²) < 4.78 is 44.1. The Labute approximate surface area is 109 Å². The van der Waals surface area contributed by atoms with E-state index < -0.39 is 18.8 Å². The van der Waals surface area contributed by atoms with Gasteiger partial charge in [0, 0.05) is 6.08 Å². The fourth-order valence-corrected chi connectivity index (χ4v) is 1.41. The van der Waals surface area contributed by atoms with Gasteiger partial charge >= 0.3 is 12.1 Å². The largest absolute Gasteiger partial charge is 0.472 e. The van der Waals surface area contributed by atoms with Crippen LogP contribution in [0, 0.1) is 0 Å². The first kappa shape index (κ1) is 15.3. The number of furan rings is 1. The Morgan fingerprint density at radius 2 is 2.16 bits per heavy atom. The van der Waals surface area contributed by atoms with E-state index in [1.165, 1.54) is 6.08 Å². The molecule has 0 saturated heterocycles. The van der Waals surface area contributed by atoms with Gasteiger partial charge in [-0.3, -0.25) is 0 Å². The second-order valence-corrected chi connectivity index (χ2v) is 4.00. The van der Waals surface area contributed by atoms with Crippen LogP contribution < -0.4 is 0 Å². The number of esters is 1. The summed E-state index contributed by atoms with van der Waals surface area (Å²) in [6, 6.07) is 1.88. The third-order valence-corrected chi connectivity index (χ3v) is 2.30. The van der Waals surface area contributed by atoms with Crippen LogP contribution in [0.4, 0.5) is 13.2 Å². The number of alkyl halides is 3. The van der Waals surface area contributed by atoms with E-state index in [-0.39, 0.29) is 0 Å². The minimum Gasteiger partial charge on any atom is -0.472 e. The Morgan fingerprint density at radius 3 is 2.79 bits per heavy atom. The lowest BCUT2D eigenvalue weighted by atomic mass is 10.1. The Hall–Kier alpha value is -1.72. The molecule has 0 unspecified atom stereocenters. The highest BCUT2D eigenvalue weighted by Gasteiger charge is 2.29. The third-order valence-electron chi connectivity index (χ3n) is 2.30. The molecule has 6 heteroatoms. The molecule has 0 saturated carbocycles. The van der Waals surface area contributed by atoms with Crippen molar-refractivity contribution in [3.05, 3.63) is 36.3 Å². The average Bonchev–Trinajstić information content (AvgIpc) is 2.83. The number of hydrogen-bond acceptors (Lipinski definition) is 3. The summed E-state index contributed by atoms with van der Waals surface area (Å²) in [6.45, 7) is -1.54. The van der Waals surface area contributed by atoms with E-state index in [9.17, 15) is 18.0 Å². The van der Waals surface area contributed by atoms with Gasteiger partial charge in [0.15, 0.2) is 6.61 Å². The van der Waals surface area contributed by atoms with E-state index >= 15 is 0 Å². The normalized spacial score (nSPS) is 11.9. The highest BCUT2D eigenvalue weighted by atomic mass is 19.4. The molecule has 0 aliphatic rings. The molecule has 3 nitrogen and oxygen atoms in total. The predicted octanol–water partition coefficient (Wildman–Crippen LogP) is 3.65. The lowest BCUT2D eigenvalue weighted by Gasteiger charge is -2.05. The van der Waals surface area contributed by atoms with Crippen LogP contribution >= 0.6 is 0 Å². The molecule has 1 rings (SSSR count). The maximum atomic E-state index is 11.7. The van der Waals surface area contributed by atoms with Gasteiger partial charge in [-0.15, -0.1) is 0 Å². The molecular weight excluding hydrogens is 261 g/mol. The molecule has 0 fully saturated rings. The van der Waals surface area contributed by atoms with Gasteiger partial charge in [0.1, 0.15) is 0 Å². The number of allylic oxidation sites excluding steroid dienone is 1. The Morgan fingerprint density at radius 1 is 1.37 bits per heavy atom. The first-order valence-electron chi connectivity index (χ1n) is 5.88. The van der Waals surface area contributed by atoms with Gasteiger partial charge in [0.2, 0.25) is 0 Å². The quantitative estimate of drug-likeness (QED) is 0.433. The molecule has 0 aliphatic carbocycles. The van der Waals surface area contributed by atoms with Crippen molar-refractivity contribution in [1.29, 1.82) is 0 Å². The van der Waals surface area contributed by atoms with Gasteiger partial charge in [-0.1, -0.05) is 6.08 Å². The number of aryl methyl sites for hydroxylation is 1. The number of carbonyl (C=O) groups excluding carboxylic acids is 1. The van der Waals surface area contributed by atoms with Gasteiger partial charge in [-0.25, -0.2) is 4.79 Å². The molecule has 1 aromatic rings. The SMILES string of the molecule is O=C(/C=C\CCCCc1ccoc1)OCC(F)(F)F. The van der Waals surface area contributed by atoms with Crippen LogP contribution in [0.15, 0.2) is 35.2 Å². The van der Waals surface area contributed by atoms with Crippen molar-refractivity contribution in [2.75, 3.05) is 6.61 Å². The zero-order valence-corrected chi connectivity index (χ0v) is 10.3.